The van der Waals surface area contributed by atoms with E-state index in [1.54, 1.807) is 27.7 Å². The molecule has 0 radical (unpaired) electrons. The van der Waals surface area contributed by atoms with Crippen LogP contribution in [0.2, 0.25) is 0 Å². The van der Waals surface area contributed by atoms with Crippen molar-refractivity contribution in [2.75, 3.05) is 6.61 Å². The van der Waals surface area contributed by atoms with Crippen molar-refractivity contribution >= 4 is 5.97 Å². The largest absolute Gasteiger partial charge is 0.479 e. The van der Waals surface area contributed by atoms with Gasteiger partial charge in [0, 0.05) is 6.42 Å². The second-order valence-electron chi connectivity index (χ2n) is 6.77. The normalized spacial score (nSPS) is 37.4. The molecule has 0 aromatic rings. The van der Waals surface area contributed by atoms with E-state index in [0.29, 0.717) is 6.61 Å². The molecule has 0 saturated carbocycles. The summed E-state index contributed by atoms with van der Waals surface area (Å²) in [6.45, 7) is 6.99. The minimum absolute atomic E-state index is 0.173. The lowest BCUT2D eigenvalue weighted by atomic mass is 9.86. The van der Waals surface area contributed by atoms with Gasteiger partial charge in [-0.2, -0.15) is 0 Å². The van der Waals surface area contributed by atoms with E-state index in [1.807, 2.05) is 0 Å². The number of carbonyl (C=O) groups is 1. The molecule has 0 aromatic carbocycles. The van der Waals surface area contributed by atoms with Gasteiger partial charge < -0.3 is 24.1 Å². The molecule has 0 amide bonds. The zero-order chi connectivity index (χ0) is 17.0. The van der Waals surface area contributed by atoms with Gasteiger partial charge in [0.25, 0.3) is 0 Å². The van der Waals surface area contributed by atoms with Crippen LogP contribution in [0.5, 0.6) is 0 Å². The first-order valence-corrected chi connectivity index (χ1v) is 7.09. The van der Waals surface area contributed by atoms with E-state index in [4.69, 9.17) is 36.1 Å². The number of carboxylic acids is 1. The number of nitrogens with two attached hydrogens (primary N) is 3. The summed E-state index contributed by atoms with van der Waals surface area (Å²) in [4.78, 5) is 11.9. The van der Waals surface area contributed by atoms with Gasteiger partial charge in [-0.3, -0.25) is 17.2 Å². The van der Waals surface area contributed by atoms with Crippen LogP contribution in [0.4, 0.5) is 0 Å². The highest BCUT2D eigenvalue weighted by atomic mass is 16.8. The van der Waals surface area contributed by atoms with Gasteiger partial charge in [0.15, 0.2) is 17.4 Å². The lowest BCUT2D eigenvalue weighted by molar-refractivity contribution is -0.197. The fraction of sp³-hybridized carbons (Fsp3) is 0.923. The third-order valence-corrected chi connectivity index (χ3v) is 3.79. The van der Waals surface area contributed by atoms with Crippen LogP contribution in [0.15, 0.2) is 0 Å². The van der Waals surface area contributed by atoms with E-state index in [2.05, 4.69) is 0 Å². The molecule has 2 aliphatic rings. The van der Waals surface area contributed by atoms with Crippen molar-refractivity contribution in [3.8, 4) is 0 Å². The van der Waals surface area contributed by atoms with E-state index in [-0.39, 0.29) is 12.5 Å². The van der Waals surface area contributed by atoms with Crippen LogP contribution in [-0.2, 0) is 23.7 Å². The van der Waals surface area contributed by atoms with Crippen molar-refractivity contribution in [2.45, 2.75) is 69.3 Å². The highest BCUT2D eigenvalue weighted by Gasteiger charge is 2.67. The maximum absolute atomic E-state index is 11.9. The van der Waals surface area contributed by atoms with Crippen molar-refractivity contribution in [1.29, 1.82) is 0 Å². The molecule has 7 N–H and O–H groups in total. The Bertz CT molecular complexity index is 461. The average molecular weight is 319 g/mol. The lowest BCUT2D eigenvalue weighted by Crippen LogP contribution is -2.79. The molecule has 9 heteroatoms. The molecule has 22 heavy (non-hydrogen) atoms. The number of ether oxygens (including phenoxy) is 4. The standard InChI is InChI=1S/C13H25N3O6/c1-10(2)19-6-7(20-10)5-8-12(9(17)18,13(14,15)16)22-11(3,4)21-8/h7-8H,5-6,14-16H2,1-4H3,(H,17,18)/t7?,8?,12-/m0/s1. The molecule has 2 fully saturated rings. The Morgan fingerprint density at radius 3 is 2.18 bits per heavy atom. The number of hydrogen-bond acceptors (Lipinski definition) is 8. The van der Waals surface area contributed by atoms with Gasteiger partial charge in [0.2, 0.25) is 5.60 Å². The van der Waals surface area contributed by atoms with E-state index in [0.717, 1.165) is 0 Å². The third-order valence-electron chi connectivity index (χ3n) is 3.79. The number of carboxylic acid groups (broad SMARTS) is 1. The Balaban J connectivity index is 2.29. The van der Waals surface area contributed by atoms with Crippen LogP contribution in [0, 0.1) is 0 Å². The summed E-state index contributed by atoms with van der Waals surface area (Å²) in [5.74, 6) is -5.45. The quantitative estimate of drug-likeness (QED) is 0.479. The smallest absolute Gasteiger partial charge is 0.343 e. The van der Waals surface area contributed by atoms with Crippen molar-refractivity contribution in [3.63, 3.8) is 0 Å². The molecule has 2 aliphatic heterocycles. The second-order valence-corrected chi connectivity index (χ2v) is 6.77. The van der Waals surface area contributed by atoms with Gasteiger partial charge >= 0.3 is 5.97 Å². The zero-order valence-corrected chi connectivity index (χ0v) is 13.3. The van der Waals surface area contributed by atoms with E-state index < -0.39 is 35.0 Å². The molecule has 2 rings (SSSR count). The summed E-state index contributed by atoms with van der Waals surface area (Å²) in [6.07, 6.45) is -1.19. The van der Waals surface area contributed by atoms with Crippen molar-refractivity contribution < 1.29 is 28.8 Å². The Hall–Kier alpha value is -0.810. The molecule has 128 valence electrons. The van der Waals surface area contributed by atoms with Crippen LogP contribution in [0.3, 0.4) is 0 Å². The SMILES string of the molecule is CC1(C)OCC(CC2OC(C)(C)O[C@@]2(C(=O)O)C(N)(N)N)O1. The van der Waals surface area contributed by atoms with Gasteiger partial charge in [0.05, 0.1) is 12.7 Å². The van der Waals surface area contributed by atoms with Gasteiger partial charge in [-0.05, 0) is 27.7 Å². The fourth-order valence-electron chi connectivity index (χ4n) is 2.97. The van der Waals surface area contributed by atoms with Crippen LogP contribution < -0.4 is 17.2 Å². The Morgan fingerprint density at radius 1 is 1.18 bits per heavy atom. The van der Waals surface area contributed by atoms with Crippen molar-refractivity contribution in [2.24, 2.45) is 17.2 Å². The Kier molecular flexibility index (Phi) is 4.06. The molecule has 2 heterocycles. The average Bonchev–Trinajstić information content (AvgIpc) is 2.75. The maximum Gasteiger partial charge on any atom is 0.343 e. The number of aliphatic carboxylic acids is 1. The maximum atomic E-state index is 11.9. The molecule has 0 aromatic heterocycles. The van der Waals surface area contributed by atoms with Crippen molar-refractivity contribution in [1.82, 2.24) is 0 Å². The highest BCUT2D eigenvalue weighted by Crippen LogP contribution is 2.42. The molecule has 0 aliphatic carbocycles. The number of hydrogen-bond donors (Lipinski definition) is 4. The van der Waals surface area contributed by atoms with Gasteiger partial charge in [-0.25, -0.2) is 4.79 Å². The summed E-state index contributed by atoms with van der Waals surface area (Å²) in [5, 5.41) is 9.66. The van der Waals surface area contributed by atoms with E-state index >= 15 is 0 Å². The van der Waals surface area contributed by atoms with E-state index in [1.165, 1.54) is 0 Å². The Morgan fingerprint density at radius 2 is 1.77 bits per heavy atom. The van der Waals surface area contributed by atoms with Gasteiger partial charge in [-0.15, -0.1) is 0 Å². The third kappa shape index (κ3) is 2.98. The van der Waals surface area contributed by atoms with E-state index in [9.17, 15) is 9.90 Å². The summed E-state index contributed by atoms with van der Waals surface area (Å²) < 4.78 is 22.4. The molecule has 0 bridgehead atoms. The highest BCUT2D eigenvalue weighted by molar-refractivity contribution is 5.81. The minimum atomic E-state index is -2.13. The molecule has 2 saturated heterocycles. The van der Waals surface area contributed by atoms with Crippen LogP contribution >= 0.6 is 0 Å². The Labute approximate surface area is 129 Å². The first kappa shape index (κ1) is 17.5. The predicted octanol–water partition coefficient (Wildman–Crippen LogP) is -0.967. The van der Waals surface area contributed by atoms with Crippen LogP contribution in [-0.4, -0.2) is 52.9 Å². The predicted molar refractivity (Wildman–Crippen MR) is 75.2 cm³/mol. The molecule has 9 nitrogen and oxygen atoms in total. The lowest BCUT2D eigenvalue weighted by Gasteiger charge is -2.39. The monoisotopic (exact) mass is 319 g/mol. The van der Waals surface area contributed by atoms with Crippen LogP contribution in [0.25, 0.3) is 0 Å². The second kappa shape index (κ2) is 5.10. The molecular formula is C13H25N3O6. The van der Waals surface area contributed by atoms with Gasteiger partial charge in [-0.1, -0.05) is 0 Å². The molecule has 3 atom stereocenters. The molecular weight excluding hydrogens is 294 g/mol. The first-order valence-electron chi connectivity index (χ1n) is 7.09. The summed E-state index contributed by atoms with van der Waals surface area (Å²) >= 11 is 0. The minimum Gasteiger partial charge on any atom is -0.479 e. The van der Waals surface area contributed by atoms with Crippen molar-refractivity contribution in [3.05, 3.63) is 0 Å². The summed E-state index contributed by atoms with van der Waals surface area (Å²) in [6, 6.07) is 0. The van der Waals surface area contributed by atoms with Gasteiger partial charge in [0.1, 0.15) is 6.10 Å². The first-order chi connectivity index (χ1) is 9.79. The molecule has 0 spiro atoms. The number of rotatable bonds is 4. The summed E-state index contributed by atoms with van der Waals surface area (Å²) in [7, 11) is 0. The van der Waals surface area contributed by atoms with Crippen LogP contribution in [0.1, 0.15) is 34.1 Å². The zero-order valence-electron chi connectivity index (χ0n) is 13.3. The topological polar surface area (TPSA) is 152 Å². The summed E-state index contributed by atoms with van der Waals surface area (Å²) in [5.41, 5.74) is 15.0. The fourth-order valence-corrected chi connectivity index (χ4v) is 2.97. The molecule has 2 unspecified atom stereocenters.